The number of carbonyl (C=O) groups is 2. The maximum atomic E-state index is 13.3. The lowest BCUT2D eigenvalue weighted by Crippen LogP contribution is -2.42. The van der Waals surface area contributed by atoms with Crippen molar-refractivity contribution in [2.75, 3.05) is 19.1 Å². The van der Waals surface area contributed by atoms with Gasteiger partial charge in [-0.25, -0.2) is 4.79 Å². The molecule has 3 aromatic rings. The topological polar surface area (TPSA) is 84.9 Å². The summed E-state index contributed by atoms with van der Waals surface area (Å²) < 4.78 is 10.9. The fraction of sp³-hybridized carbons (Fsp3) is 0.310. The van der Waals surface area contributed by atoms with Crippen molar-refractivity contribution in [3.05, 3.63) is 94.5 Å². The first kappa shape index (κ1) is 27.5. The van der Waals surface area contributed by atoms with Crippen LogP contribution in [0.1, 0.15) is 39.0 Å². The summed E-state index contributed by atoms with van der Waals surface area (Å²) >= 11 is 1.61. The molecule has 3 rings (SSSR count). The van der Waals surface area contributed by atoms with Gasteiger partial charge in [0.15, 0.2) is 0 Å². The van der Waals surface area contributed by atoms with E-state index in [-0.39, 0.29) is 12.5 Å². The van der Waals surface area contributed by atoms with Gasteiger partial charge in [0.25, 0.3) is 5.91 Å². The Balaban J connectivity index is 1.86. The highest BCUT2D eigenvalue weighted by Gasteiger charge is 2.24. The van der Waals surface area contributed by atoms with Crippen molar-refractivity contribution < 1.29 is 24.2 Å². The molecule has 0 aliphatic heterocycles. The van der Waals surface area contributed by atoms with E-state index in [1.165, 1.54) is 7.11 Å². The summed E-state index contributed by atoms with van der Waals surface area (Å²) in [6, 6.07) is 20.4. The predicted molar refractivity (Wildman–Crippen MR) is 144 cm³/mol. The number of rotatable bonds is 12. The van der Waals surface area contributed by atoms with Gasteiger partial charge in [0.2, 0.25) is 0 Å². The minimum atomic E-state index is -0.714. The zero-order valence-corrected chi connectivity index (χ0v) is 21.8. The van der Waals surface area contributed by atoms with Gasteiger partial charge in [-0.3, -0.25) is 4.79 Å². The number of hydrogen-bond donors (Lipinski definition) is 2. The Labute approximate surface area is 217 Å². The first-order valence-corrected chi connectivity index (χ1v) is 13.2. The zero-order valence-electron chi connectivity index (χ0n) is 21.0. The predicted octanol–water partition coefficient (Wildman–Crippen LogP) is 4.90. The van der Waals surface area contributed by atoms with Crippen LogP contribution in [0.3, 0.4) is 0 Å². The van der Waals surface area contributed by atoms with E-state index < -0.39 is 12.0 Å². The van der Waals surface area contributed by atoms with Crippen molar-refractivity contribution in [3.8, 4) is 11.1 Å². The van der Waals surface area contributed by atoms with Crippen LogP contribution in [0.2, 0.25) is 0 Å². The van der Waals surface area contributed by atoms with E-state index in [0.717, 1.165) is 39.1 Å². The number of aliphatic hydroxyl groups excluding tert-OH is 1. The number of hydrogen-bond acceptors (Lipinski definition) is 6. The van der Waals surface area contributed by atoms with Crippen LogP contribution in [0, 0.1) is 6.92 Å². The summed E-state index contributed by atoms with van der Waals surface area (Å²) in [4.78, 5) is 25.6. The second-order valence-corrected chi connectivity index (χ2v) is 9.43. The van der Waals surface area contributed by atoms with Crippen molar-refractivity contribution in [1.82, 2.24) is 5.32 Å². The molecule has 0 saturated carbocycles. The number of ether oxygens (including phenoxy) is 2. The van der Waals surface area contributed by atoms with E-state index in [2.05, 4.69) is 5.32 Å². The minimum absolute atomic E-state index is 0.0374. The molecule has 0 aromatic heterocycles. The molecule has 3 aromatic carbocycles. The van der Waals surface area contributed by atoms with Gasteiger partial charge in [0, 0.05) is 5.56 Å². The maximum Gasteiger partial charge on any atom is 0.328 e. The van der Waals surface area contributed by atoms with Gasteiger partial charge in [-0.1, -0.05) is 54.6 Å². The Morgan fingerprint density at radius 3 is 2.39 bits per heavy atom. The molecule has 1 amide bonds. The van der Waals surface area contributed by atoms with E-state index >= 15 is 0 Å². The van der Waals surface area contributed by atoms with Gasteiger partial charge in [0.1, 0.15) is 6.04 Å². The quantitative estimate of drug-likeness (QED) is 0.340. The van der Waals surface area contributed by atoms with Crippen molar-refractivity contribution in [1.29, 1.82) is 0 Å². The Kier molecular flexibility index (Phi) is 10.5. The fourth-order valence-electron chi connectivity index (χ4n) is 3.97. The Hall–Kier alpha value is -3.13. The van der Waals surface area contributed by atoms with Crippen LogP contribution < -0.4 is 5.32 Å². The lowest BCUT2D eigenvalue weighted by Gasteiger charge is -2.19. The lowest BCUT2D eigenvalue weighted by molar-refractivity contribution is -0.142. The number of aliphatic hydroxyl groups is 1. The minimum Gasteiger partial charge on any atom is -0.467 e. The van der Waals surface area contributed by atoms with Gasteiger partial charge >= 0.3 is 5.97 Å². The van der Waals surface area contributed by atoms with Crippen LogP contribution in [0.4, 0.5) is 0 Å². The van der Waals surface area contributed by atoms with E-state index in [0.29, 0.717) is 25.2 Å². The van der Waals surface area contributed by atoms with Crippen molar-refractivity contribution in [2.24, 2.45) is 0 Å². The van der Waals surface area contributed by atoms with Gasteiger partial charge < -0.3 is 19.9 Å². The number of aryl methyl sites for hydroxylation is 1. The summed E-state index contributed by atoms with van der Waals surface area (Å²) in [5.74, 6) is -0.0578. The van der Waals surface area contributed by atoms with Crippen LogP contribution in [0.25, 0.3) is 11.1 Å². The zero-order chi connectivity index (χ0) is 25.9. The van der Waals surface area contributed by atoms with Gasteiger partial charge in [-0.2, -0.15) is 11.8 Å². The van der Waals surface area contributed by atoms with Gasteiger partial charge in [0.05, 0.1) is 26.9 Å². The molecule has 1 atom stereocenters. The standard InChI is InChI=1S/C29H33NO5S/c1-20-8-4-7-11-24(20)26-16-21(18-35-19-23-10-6-5-9-22(23)17-31)12-13-25(26)28(32)30-27(14-15-36-3)29(33)34-2/h4-13,16,27,31H,14-15,17-19H2,1-3H3,(H,30,32)/t27-/m0/s1. The largest absolute Gasteiger partial charge is 0.467 e. The summed E-state index contributed by atoms with van der Waals surface area (Å²) in [5, 5.41) is 12.4. The molecule has 0 aliphatic rings. The van der Waals surface area contributed by atoms with Crippen LogP contribution in [0.5, 0.6) is 0 Å². The molecule has 190 valence electrons. The molecule has 0 radical (unpaired) electrons. The molecule has 2 N–H and O–H groups in total. The molecule has 0 saturated heterocycles. The Morgan fingerprint density at radius 2 is 1.69 bits per heavy atom. The summed E-state index contributed by atoms with van der Waals surface area (Å²) in [6.45, 7) is 2.68. The molecule has 0 fully saturated rings. The second-order valence-electron chi connectivity index (χ2n) is 8.45. The smallest absolute Gasteiger partial charge is 0.328 e. The number of methoxy groups -OCH3 is 1. The molecule has 7 heteroatoms. The normalized spacial score (nSPS) is 11.7. The summed E-state index contributed by atoms with van der Waals surface area (Å²) in [5.41, 5.74) is 5.93. The lowest BCUT2D eigenvalue weighted by atomic mass is 9.93. The summed E-state index contributed by atoms with van der Waals surface area (Å²) in [7, 11) is 1.33. The average Bonchev–Trinajstić information content (AvgIpc) is 2.91. The number of carbonyl (C=O) groups excluding carboxylic acids is 2. The van der Waals surface area contributed by atoms with Crippen LogP contribution in [0.15, 0.2) is 66.7 Å². The third-order valence-electron chi connectivity index (χ3n) is 5.98. The number of esters is 1. The number of benzene rings is 3. The molecule has 36 heavy (non-hydrogen) atoms. The molecule has 0 unspecified atom stereocenters. The monoisotopic (exact) mass is 507 g/mol. The highest BCUT2D eigenvalue weighted by molar-refractivity contribution is 7.98. The van der Waals surface area contributed by atoms with Crippen molar-refractivity contribution in [3.63, 3.8) is 0 Å². The maximum absolute atomic E-state index is 13.3. The molecule has 0 spiro atoms. The first-order valence-electron chi connectivity index (χ1n) is 11.8. The molecule has 0 bridgehead atoms. The first-order chi connectivity index (χ1) is 17.5. The Bertz CT molecular complexity index is 1180. The highest BCUT2D eigenvalue weighted by atomic mass is 32.2. The van der Waals surface area contributed by atoms with Crippen LogP contribution in [-0.4, -0.2) is 42.1 Å². The van der Waals surface area contributed by atoms with Crippen LogP contribution in [-0.2, 0) is 34.1 Å². The van der Waals surface area contributed by atoms with Crippen molar-refractivity contribution in [2.45, 2.75) is 39.2 Å². The number of amides is 1. The molecular weight excluding hydrogens is 474 g/mol. The Morgan fingerprint density at radius 1 is 0.972 bits per heavy atom. The van der Waals surface area contributed by atoms with E-state index in [1.54, 1.807) is 17.8 Å². The van der Waals surface area contributed by atoms with E-state index in [9.17, 15) is 14.7 Å². The van der Waals surface area contributed by atoms with Crippen LogP contribution >= 0.6 is 11.8 Å². The van der Waals surface area contributed by atoms with Gasteiger partial charge in [-0.05, 0) is 70.9 Å². The molecule has 0 aliphatic carbocycles. The fourth-order valence-corrected chi connectivity index (χ4v) is 4.44. The number of thioether (sulfide) groups is 1. The highest BCUT2D eigenvalue weighted by Crippen LogP contribution is 2.29. The number of nitrogens with one attached hydrogen (secondary N) is 1. The third-order valence-corrected chi connectivity index (χ3v) is 6.62. The second kappa shape index (κ2) is 13.8. The van der Waals surface area contributed by atoms with E-state index in [4.69, 9.17) is 9.47 Å². The SMILES string of the molecule is COC(=O)[C@H](CCSC)NC(=O)c1ccc(COCc2ccccc2CO)cc1-c1ccccc1C. The molecule has 6 nitrogen and oxygen atoms in total. The van der Waals surface area contributed by atoms with Crippen molar-refractivity contribution >= 4 is 23.6 Å². The van der Waals surface area contributed by atoms with E-state index in [1.807, 2.05) is 73.8 Å². The third kappa shape index (κ3) is 7.20. The van der Waals surface area contributed by atoms with Gasteiger partial charge in [-0.15, -0.1) is 0 Å². The molecular formula is C29H33NO5S. The summed E-state index contributed by atoms with van der Waals surface area (Å²) in [6.07, 6.45) is 2.44. The average molecular weight is 508 g/mol. The molecule has 0 heterocycles.